The number of carbonyl (C=O) groups is 2. The van der Waals surface area contributed by atoms with Gasteiger partial charge in [-0.25, -0.2) is 0 Å². The Balaban J connectivity index is 1.43. The van der Waals surface area contributed by atoms with Gasteiger partial charge < -0.3 is 14.7 Å². The monoisotopic (exact) mass is 377 g/mol. The molecule has 5 heteroatoms. The molecule has 0 atom stereocenters. The van der Waals surface area contributed by atoms with Gasteiger partial charge in [0, 0.05) is 49.7 Å². The Labute approximate surface area is 166 Å². The lowest BCUT2D eigenvalue weighted by molar-refractivity contribution is -0.117. The molecule has 1 saturated heterocycles. The summed E-state index contributed by atoms with van der Waals surface area (Å²) in [5.74, 6) is 0.195. The molecule has 0 saturated carbocycles. The van der Waals surface area contributed by atoms with Crippen LogP contribution >= 0.6 is 0 Å². The van der Waals surface area contributed by atoms with E-state index < -0.39 is 0 Å². The first-order chi connectivity index (χ1) is 13.6. The number of carbonyl (C=O) groups excluding carboxylic acids is 2. The Hall–Kier alpha value is -2.82. The van der Waals surface area contributed by atoms with Crippen molar-refractivity contribution in [3.63, 3.8) is 0 Å². The van der Waals surface area contributed by atoms with Gasteiger partial charge in [0.05, 0.1) is 6.42 Å². The molecule has 2 amide bonds. The third-order valence-corrected chi connectivity index (χ3v) is 5.67. The summed E-state index contributed by atoms with van der Waals surface area (Å²) in [6.45, 7) is 7.99. The predicted octanol–water partition coefficient (Wildman–Crippen LogP) is 3.26. The third kappa shape index (κ3) is 3.49. The number of hydrogen-bond donors (Lipinski definition) is 0. The van der Waals surface area contributed by atoms with Crippen molar-refractivity contribution in [3.8, 4) is 0 Å². The number of benzene rings is 2. The maximum atomic E-state index is 13.0. The van der Waals surface area contributed by atoms with Crippen LogP contribution in [0.5, 0.6) is 0 Å². The van der Waals surface area contributed by atoms with Gasteiger partial charge in [0.25, 0.3) is 5.91 Å². The molecule has 1 fully saturated rings. The van der Waals surface area contributed by atoms with E-state index in [0.717, 1.165) is 37.3 Å². The maximum Gasteiger partial charge on any atom is 0.253 e. The maximum absolute atomic E-state index is 13.0. The zero-order valence-corrected chi connectivity index (χ0v) is 16.6. The van der Waals surface area contributed by atoms with Crippen LogP contribution in [0.15, 0.2) is 42.5 Å². The average Bonchev–Trinajstić information content (AvgIpc) is 3.03. The number of piperazine rings is 1. The molecule has 0 aliphatic carbocycles. The van der Waals surface area contributed by atoms with Crippen LogP contribution in [0.25, 0.3) is 0 Å². The first-order valence-corrected chi connectivity index (χ1v) is 10.1. The van der Waals surface area contributed by atoms with Crippen molar-refractivity contribution in [1.29, 1.82) is 0 Å². The number of rotatable bonds is 4. The molecule has 0 bridgehead atoms. The van der Waals surface area contributed by atoms with Gasteiger partial charge >= 0.3 is 0 Å². The quantitative estimate of drug-likeness (QED) is 0.822. The highest BCUT2D eigenvalue weighted by Gasteiger charge is 2.28. The molecule has 2 aromatic carbocycles. The van der Waals surface area contributed by atoms with Crippen LogP contribution in [-0.2, 0) is 11.2 Å². The third-order valence-electron chi connectivity index (χ3n) is 5.67. The fourth-order valence-electron chi connectivity index (χ4n) is 4.09. The van der Waals surface area contributed by atoms with Crippen molar-refractivity contribution in [3.05, 3.63) is 59.2 Å². The fraction of sp³-hybridized carbons (Fsp3) is 0.391. The molecule has 2 aromatic rings. The number of aryl methyl sites for hydroxylation is 1. The summed E-state index contributed by atoms with van der Waals surface area (Å²) in [5, 5.41) is 0. The molecular weight excluding hydrogens is 350 g/mol. The van der Waals surface area contributed by atoms with Crippen LogP contribution in [-0.4, -0.2) is 49.4 Å². The average molecular weight is 377 g/mol. The van der Waals surface area contributed by atoms with E-state index in [4.69, 9.17) is 0 Å². The summed E-state index contributed by atoms with van der Waals surface area (Å²) in [4.78, 5) is 31.3. The van der Waals surface area contributed by atoms with E-state index in [1.54, 1.807) is 0 Å². The Morgan fingerprint density at radius 1 is 1.00 bits per heavy atom. The lowest BCUT2D eigenvalue weighted by atomic mass is 10.1. The summed E-state index contributed by atoms with van der Waals surface area (Å²) in [6, 6.07) is 14.3. The highest BCUT2D eigenvalue weighted by Crippen LogP contribution is 2.30. The predicted molar refractivity (Wildman–Crippen MR) is 112 cm³/mol. The molecule has 0 spiro atoms. The summed E-state index contributed by atoms with van der Waals surface area (Å²) >= 11 is 0. The van der Waals surface area contributed by atoms with Gasteiger partial charge in [0.15, 0.2) is 0 Å². The lowest BCUT2D eigenvalue weighted by Crippen LogP contribution is -2.48. The normalized spacial score (nSPS) is 16.5. The van der Waals surface area contributed by atoms with Crippen LogP contribution in [0.1, 0.15) is 34.8 Å². The van der Waals surface area contributed by atoms with Crippen molar-refractivity contribution < 1.29 is 9.59 Å². The smallest absolute Gasteiger partial charge is 0.253 e. The minimum absolute atomic E-state index is 0.0627. The Kier molecular flexibility index (Phi) is 5.07. The number of amides is 2. The van der Waals surface area contributed by atoms with E-state index in [-0.39, 0.29) is 11.8 Å². The fourth-order valence-corrected chi connectivity index (χ4v) is 4.09. The van der Waals surface area contributed by atoms with Crippen molar-refractivity contribution in [2.75, 3.05) is 42.5 Å². The van der Waals surface area contributed by atoms with Gasteiger partial charge in [-0.15, -0.1) is 0 Å². The second kappa shape index (κ2) is 7.66. The molecule has 0 N–H and O–H groups in total. The van der Waals surface area contributed by atoms with Crippen LogP contribution < -0.4 is 9.80 Å². The molecule has 2 aliphatic rings. The van der Waals surface area contributed by atoms with Gasteiger partial charge in [0.2, 0.25) is 5.91 Å². The Morgan fingerprint density at radius 3 is 2.39 bits per heavy atom. The first kappa shape index (κ1) is 18.5. The Morgan fingerprint density at radius 2 is 1.71 bits per heavy atom. The highest BCUT2D eigenvalue weighted by atomic mass is 16.2. The minimum atomic E-state index is 0.0627. The largest absolute Gasteiger partial charge is 0.368 e. The van der Waals surface area contributed by atoms with Gasteiger partial charge in [-0.3, -0.25) is 9.59 Å². The highest BCUT2D eigenvalue weighted by molar-refractivity contribution is 6.03. The molecular formula is C23H27N3O2. The molecule has 2 aliphatic heterocycles. The molecule has 0 unspecified atom stereocenters. The summed E-state index contributed by atoms with van der Waals surface area (Å²) in [7, 11) is 0. The molecule has 28 heavy (non-hydrogen) atoms. The molecule has 0 aromatic heterocycles. The number of fused-ring (bicyclic) bond motifs is 1. The van der Waals surface area contributed by atoms with E-state index in [2.05, 4.69) is 43.0 Å². The van der Waals surface area contributed by atoms with E-state index in [1.165, 1.54) is 11.3 Å². The second-order valence-corrected chi connectivity index (χ2v) is 7.68. The molecule has 146 valence electrons. The van der Waals surface area contributed by atoms with Gasteiger partial charge in [0.1, 0.15) is 0 Å². The van der Waals surface area contributed by atoms with E-state index >= 15 is 0 Å². The topological polar surface area (TPSA) is 43.9 Å². The van der Waals surface area contributed by atoms with Crippen molar-refractivity contribution in [2.45, 2.75) is 26.7 Å². The Bertz CT molecular complexity index is 883. The van der Waals surface area contributed by atoms with Crippen LogP contribution in [0.2, 0.25) is 0 Å². The minimum Gasteiger partial charge on any atom is -0.368 e. The molecule has 2 heterocycles. The van der Waals surface area contributed by atoms with Crippen molar-refractivity contribution >= 4 is 23.2 Å². The zero-order valence-electron chi connectivity index (χ0n) is 16.6. The zero-order chi connectivity index (χ0) is 19.7. The molecule has 5 nitrogen and oxygen atoms in total. The van der Waals surface area contributed by atoms with E-state index in [1.807, 2.05) is 28.0 Å². The first-order valence-electron chi connectivity index (χ1n) is 10.1. The van der Waals surface area contributed by atoms with Crippen LogP contribution in [0.3, 0.4) is 0 Å². The number of nitrogens with zero attached hydrogens (tertiary/aromatic N) is 3. The lowest BCUT2D eigenvalue weighted by Gasteiger charge is -2.36. The molecule has 4 rings (SSSR count). The summed E-state index contributed by atoms with van der Waals surface area (Å²) in [6.07, 6.45) is 1.33. The van der Waals surface area contributed by atoms with E-state index in [9.17, 15) is 9.59 Å². The summed E-state index contributed by atoms with van der Waals surface area (Å²) in [5.41, 5.74) is 5.10. The van der Waals surface area contributed by atoms with E-state index in [0.29, 0.717) is 25.1 Å². The standard InChI is InChI=1S/C23H27N3O2/c1-3-10-26-21-9-6-18(15-19(21)16-22(26)27)23(28)25-13-11-24(12-14-25)20-7-4-17(2)5-8-20/h4-9,15H,3,10-14,16H2,1-2H3. The van der Waals surface area contributed by atoms with Crippen molar-refractivity contribution in [1.82, 2.24) is 4.90 Å². The number of hydrogen-bond acceptors (Lipinski definition) is 3. The summed E-state index contributed by atoms with van der Waals surface area (Å²) < 4.78 is 0. The van der Waals surface area contributed by atoms with Gasteiger partial charge in [-0.1, -0.05) is 24.6 Å². The number of anilines is 2. The SMILES string of the molecule is CCCN1C(=O)Cc2cc(C(=O)N3CCN(c4ccc(C)cc4)CC3)ccc21. The van der Waals surface area contributed by atoms with Crippen LogP contribution in [0, 0.1) is 6.92 Å². The van der Waals surface area contributed by atoms with Crippen molar-refractivity contribution in [2.24, 2.45) is 0 Å². The molecule has 0 radical (unpaired) electrons. The van der Waals surface area contributed by atoms with Crippen LogP contribution in [0.4, 0.5) is 11.4 Å². The van der Waals surface area contributed by atoms with Gasteiger partial charge in [-0.2, -0.15) is 0 Å². The second-order valence-electron chi connectivity index (χ2n) is 7.68. The van der Waals surface area contributed by atoms with Gasteiger partial charge in [-0.05, 0) is 49.2 Å².